The van der Waals surface area contributed by atoms with Crippen LogP contribution in [0.15, 0.2) is 11.3 Å². The molecule has 1 aliphatic heterocycles. The molecular formula is C21H27FO5. The first-order valence-corrected chi connectivity index (χ1v) is 9.23. The van der Waals surface area contributed by atoms with Crippen LogP contribution in [0.2, 0.25) is 0 Å². The number of ketones is 1. The highest BCUT2D eigenvalue weighted by Gasteiger charge is 2.44. The highest BCUT2D eigenvalue weighted by atomic mass is 19.1. The van der Waals surface area contributed by atoms with Crippen LogP contribution in [0.3, 0.4) is 0 Å². The fraction of sp³-hybridized carbons (Fsp3) is 0.524. The average molecular weight is 378 g/mol. The molecule has 5 nitrogen and oxygen atoms in total. The van der Waals surface area contributed by atoms with E-state index >= 15 is 0 Å². The molecule has 0 fully saturated rings. The van der Waals surface area contributed by atoms with Gasteiger partial charge in [-0.3, -0.25) is 4.79 Å². The molecule has 1 aliphatic carbocycles. The summed E-state index contributed by atoms with van der Waals surface area (Å²) >= 11 is 0. The number of halogens is 1. The van der Waals surface area contributed by atoms with E-state index in [-0.39, 0.29) is 45.8 Å². The standard InChI is InChI=1S/C18H19FO5.C3H8/c1-6-7(2)16-17(9(4)13(6)20)24-18(22)11-8(3)12(19)14(21)10(5)15(11)23-16;1-3-2/h6-7,16,21H,1-5H3;3H2,1-2H3. The monoisotopic (exact) mass is 378 g/mol. The molecule has 0 spiro atoms. The lowest BCUT2D eigenvalue weighted by molar-refractivity contribution is -0.122. The van der Waals surface area contributed by atoms with Crippen molar-refractivity contribution < 1.29 is 28.6 Å². The molecule has 1 N–H and O–H groups in total. The lowest BCUT2D eigenvalue weighted by Crippen LogP contribution is -2.41. The van der Waals surface area contributed by atoms with Crippen LogP contribution in [0.25, 0.3) is 0 Å². The fourth-order valence-corrected chi connectivity index (χ4v) is 3.30. The van der Waals surface area contributed by atoms with Gasteiger partial charge in [0.1, 0.15) is 11.3 Å². The summed E-state index contributed by atoms with van der Waals surface area (Å²) in [6.45, 7) is 12.3. The molecule has 0 saturated carbocycles. The summed E-state index contributed by atoms with van der Waals surface area (Å²) < 4.78 is 25.6. The topological polar surface area (TPSA) is 72.8 Å². The molecule has 0 bridgehead atoms. The van der Waals surface area contributed by atoms with Crippen LogP contribution in [-0.2, 0) is 9.53 Å². The summed E-state index contributed by atoms with van der Waals surface area (Å²) in [5.41, 5.74) is 0.388. The van der Waals surface area contributed by atoms with Crippen molar-refractivity contribution in [1.29, 1.82) is 0 Å². The normalized spacial score (nSPS) is 24.1. The van der Waals surface area contributed by atoms with Crippen LogP contribution in [0.5, 0.6) is 11.5 Å². The molecule has 6 heteroatoms. The van der Waals surface area contributed by atoms with Crippen molar-refractivity contribution in [1.82, 2.24) is 0 Å². The van der Waals surface area contributed by atoms with E-state index in [0.29, 0.717) is 5.57 Å². The van der Waals surface area contributed by atoms with Gasteiger partial charge in [-0.25, -0.2) is 9.18 Å². The van der Waals surface area contributed by atoms with Crippen LogP contribution < -0.4 is 4.74 Å². The number of rotatable bonds is 0. The van der Waals surface area contributed by atoms with E-state index < -0.39 is 23.6 Å². The molecule has 0 radical (unpaired) electrons. The quantitative estimate of drug-likeness (QED) is 0.668. The highest BCUT2D eigenvalue weighted by Crippen LogP contribution is 2.44. The molecular weight excluding hydrogens is 351 g/mol. The molecule has 3 atom stereocenters. The number of benzene rings is 1. The maximum Gasteiger partial charge on any atom is 0.347 e. The fourth-order valence-electron chi connectivity index (χ4n) is 3.30. The number of esters is 1. The summed E-state index contributed by atoms with van der Waals surface area (Å²) in [5.74, 6) is -2.55. The summed E-state index contributed by atoms with van der Waals surface area (Å²) in [6.07, 6.45) is 0.603. The van der Waals surface area contributed by atoms with Crippen molar-refractivity contribution in [3.05, 3.63) is 33.8 Å². The van der Waals surface area contributed by atoms with E-state index in [9.17, 15) is 19.1 Å². The van der Waals surface area contributed by atoms with Crippen LogP contribution in [0, 0.1) is 31.5 Å². The van der Waals surface area contributed by atoms with E-state index in [4.69, 9.17) is 9.47 Å². The number of allylic oxidation sites excluding steroid dienone is 1. The minimum Gasteiger partial charge on any atom is -0.505 e. The molecule has 1 aromatic carbocycles. The van der Waals surface area contributed by atoms with Gasteiger partial charge in [-0.05, 0) is 20.8 Å². The van der Waals surface area contributed by atoms with Crippen LogP contribution >= 0.6 is 0 Å². The Morgan fingerprint density at radius 3 is 2.19 bits per heavy atom. The lowest BCUT2D eigenvalue weighted by Gasteiger charge is -2.33. The van der Waals surface area contributed by atoms with Crippen molar-refractivity contribution >= 4 is 11.8 Å². The number of phenols is 1. The SMILES string of the molecule is CC1=C2OC(=O)c3c(C)c(F)c(O)c(C)c3OC2C(C)C(C)C1=O.CCC. The predicted molar refractivity (Wildman–Crippen MR) is 99.4 cm³/mol. The molecule has 0 saturated heterocycles. The summed E-state index contributed by atoms with van der Waals surface area (Å²) in [7, 11) is 0. The number of hydrogen-bond donors (Lipinski definition) is 1. The Kier molecular flexibility index (Phi) is 5.97. The van der Waals surface area contributed by atoms with E-state index in [1.54, 1.807) is 13.8 Å². The van der Waals surface area contributed by atoms with Crippen molar-refractivity contribution in [3.63, 3.8) is 0 Å². The molecule has 3 rings (SSSR count). The zero-order valence-corrected chi connectivity index (χ0v) is 16.9. The van der Waals surface area contributed by atoms with E-state index in [1.807, 2.05) is 6.92 Å². The first kappa shape index (κ1) is 20.9. The minimum absolute atomic E-state index is 0.0398. The number of hydrogen-bond acceptors (Lipinski definition) is 5. The Morgan fingerprint density at radius 2 is 1.63 bits per heavy atom. The van der Waals surface area contributed by atoms with Gasteiger partial charge in [0.2, 0.25) is 0 Å². The van der Waals surface area contributed by atoms with Crippen LogP contribution in [0.1, 0.15) is 62.5 Å². The summed E-state index contributed by atoms with van der Waals surface area (Å²) in [6, 6.07) is 0. The molecule has 1 aromatic rings. The molecule has 148 valence electrons. The first-order valence-electron chi connectivity index (χ1n) is 9.23. The van der Waals surface area contributed by atoms with Crippen LogP contribution in [-0.4, -0.2) is 23.0 Å². The maximum atomic E-state index is 14.2. The van der Waals surface area contributed by atoms with Crippen molar-refractivity contribution in [2.45, 2.75) is 61.0 Å². The second-order valence-electron chi connectivity index (χ2n) is 7.25. The minimum atomic E-state index is -0.875. The van der Waals surface area contributed by atoms with Crippen molar-refractivity contribution in [2.24, 2.45) is 11.8 Å². The van der Waals surface area contributed by atoms with Gasteiger partial charge in [0.25, 0.3) is 0 Å². The van der Waals surface area contributed by atoms with Crippen LogP contribution in [0.4, 0.5) is 4.39 Å². The van der Waals surface area contributed by atoms with Gasteiger partial charge in [-0.15, -0.1) is 0 Å². The van der Waals surface area contributed by atoms with Gasteiger partial charge in [-0.1, -0.05) is 34.1 Å². The summed E-state index contributed by atoms with van der Waals surface area (Å²) in [5, 5.41) is 9.96. The second kappa shape index (κ2) is 7.71. The van der Waals surface area contributed by atoms with E-state index in [2.05, 4.69) is 13.8 Å². The molecule has 0 aromatic heterocycles. The average Bonchev–Trinajstić information content (AvgIpc) is 2.78. The number of carbonyl (C=O) groups excluding carboxylic acids is 2. The zero-order chi connectivity index (χ0) is 20.6. The number of aromatic hydroxyl groups is 1. The predicted octanol–water partition coefficient (Wildman–Crippen LogP) is 4.61. The van der Waals surface area contributed by atoms with Gasteiger partial charge >= 0.3 is 5.97 Å². The van der Waals surface area contributed by atoms with Crippen molar-refractivity contribution in [3.8, 4) is 11.5 Å². The number of Topliss-reactive ketones (excluding diaryl/α,β-unsaturated/α-hetero) is 1. The third kappa shape index (κ3) is 3.33. The second-order valence-corrected chi connectivity index (χ2v) is 7.25. The van der Waals surface area contributed by atoms with E-state index in [1.165, 1.54) is 20.3 Å². The Bertz CT molecular complexity index is 825. The Balaban J connectivity index is 0.000000817. The van der Waals surface area contributed by atoms with Gasteiger partial charge in [-0.2, -0.15) is 0 Å². The number of carbonyl (C=O) groups is 2. The first-order chi connectivity index (χ1) is 12.6. The maximum absolute atomic E-state index is 14.2. The Morgan fingerprint density at radius 1 is 1.07 bits per heavy atom. The lowest BCUT2D eigenvalue weighted by atomic mass is 9.78. The third-order valence-electron chi connectivity index (χ3n) is 5.16. The summed E-state index contributed by atoms with van der Waals surface area (Å²) in [4.78, 5) is 24.9. The highest BCUT2D eigenvalue weighted by molar-refractivity contribution is 6.01. The third-order valence-corrected chi connectivity index (χ3v) is 5.16. The smallest absolute Gasteiger partial charge is 0.347 e. The Labute approximate surface area is 159 Å². The van der Waals surface area contributed by atoms with Crippen molar-refractivity contribution in [2.75, 3.05) is 0 Å². The van der Waals surface area contributed by atoms with Gasteiger partial charge < -0.3 is 14.6 Å². The molecule has 0 amide bonds. The largest absolute Gasteiger partial charge is 0.505 e. The van der Waals surface area contributed by atoms with Gasteiger partial charge in [0.15, 0.2) is 29.2 Å². The molecule has 1 heterocycles. The zero-order valence-electron chi connectivity index (χ0n) is 16.9. The number of ether oxygens (including phenoxy) is 2. The van der Waals surface area contributed by atoms with E-state index in [0.717, 1.165) is 0 Å². The van der Waals surface area contributed by atoms with Gasteiger partial charge in [0.05, 0.1) is 0 Å². The van der Waals surface area contributed by atoms with Gasteiger partial charge in [0, 0.05) is 28.5 Å². The number of fused-ring (bicyclic) bond motifs is 2. The Hall–Kier alpha value is -2.37. The molecule has 27 heavy (non-hydrogen) atoms. The molecule has 3 unspecified atom stereocenters. The molecule has 2 aliphatic rings. The number of phenolic OH excluding ortho intramolecular Hbond substituents is 1.